The van der Waals surface area contributed by atoms with Gasteiger partial charge in [0, 0.05) is 37.8 Å². The quantitative estimate of drug-likeness (QED) is 0.264. The predicted molar refractivity (Wildman–Crippen MR) is 132 cm³/mol. The Morgan fingerprint density at radius 2 is 1.77 bits per heavy atom. The predicted octanol–water partition coefficient (Wildman–Crippen LogP) is 2.16. The Morgan fingerprint density at radius 3 is 2.49 bits per heavy atom. The lowest BCUT2D eigenvalue weighted by Crippen LogP contribution is -2.27. The number of ketones is 2. The number of aromatic nitrogens is 4. The van der Waals surface area contributed by atoms with E-state index in [4.69, 9.17) is 5.73 Å². The van der Waals surface area contributed by atoms with Crippen LogP contribution in [0.4, 0.5) is 5.95 Å². The van der Waals surface area contributed by atoms with E-state index in [-0.39, 0.29) is 46.9 Å². The third kappa shape index (κ3) is 7.26. The molecule has 10 heteroatoms. The summed E-state index contributed by atoms with van der Waals surface area (Å²) < 4.78 is 0. The van der Waals surface area contributed by atoms with Gasteiger partial charge in [0.25, 0.3) is 5.56 Å². The van der Waals surface area contributed by atoms with E-state index in [2.05, 4.69) is 25.3 Å². The number of fused-ring (bicyclic) bond motifs is 1. The molecule has 2 aromatic heterocycles. The minimum atomic E-state index is -0.424. The molecule has 0 fully saturated rings. The van der Waals surface area contributed by atoms with Crippen LogP contribution in [0.1, 0.15) is 60.6 Å². The number of hydrogen-bond acceptors (Lipinski definition) is 8. The number of benzene rings is 1. The van der Waals surface area contributed by atoms with Crippen LogP contribution in [0.2, 0.25) is 0 Å². The third-order valence-corrected chi connectivity index (χ3v) is 5.77. The number of amides is 1. The van der Waals surface area contributed by atoms with Crippen molar-refractivity contribution in [3.05, 3.63) is 57.6 Å². The highest BCUT2D eigenvalue weighted by Gasteiger charge is 2.15. The fourth-order valence-electron chi connectivity index (χ4n) is 3.76. The summed E-state index contributed by atoms with van der Waals surface area (Å²) in [6, 6.07) is 7.41. The molecular weight excluding hydrogens is 448 g/mol. The molecule has 10 nitrogen and oxygen atoms in total. The summed E-state index contributed by atoms with van der Waals surface area (Å²) in [5, 5.41) is 2.54. The van der Waals surface area contributed by atoms with Gasteiger partial charge in [-0.15, -0.1) is 0 Å². The van der Waals surface area contributed by atoms with E-state index in [0.717, 1.165) is 5.56 Å². The van der Waals surface area contributed by atoms with Crippen LogP contribution in [-0.4, -0.2) is 44.5 Å². The summed E-state index contributed by atoms with van der Waals surface area (Å²) in [6.45, 7) is 1.73. The lowest BCUT2D eigenvalue weighted by atomic mass is 9.98. The highest BCUT2D eigenvalue weighted by Crippen LogP contribution is 2.14. The second kappa shape index (κ2) is 12.0. The summed E-state index contributed by atoms with van der Waals surface area (Å²) in [5.41, 5.74) is 7.79. The average Bonchev–Trinajstić information content (AvgIpc) is 2.85. The molecule has 0 bridgehead atoms. The van der Waals surface area contributed by atoms with Crippen molar-refractivity contribution in [1.82, 2.24) is 25.3 Å². The molecule has 1 atom stereocenters. The van der Waals surface area contributed by atoms with Crippen LogP contribution in [0.3, 0.4) is 0 Å². The normalized spacial score (nSPS) is 11.8. The summed E-state index contributed by atoms with van der Waals surface area (Å²) in [4.78, 5) is 62.8. The molecule has 1 amide bonds. The minimum absolute atomic E-state index is 0.000165. The standard InChI is InChI=1S/C25H30N6O4/c1-15(23(34)27-2)13-19(32)5-3-4-6-20(33)17-10-7-16(8-11-17)9-12-18-14-28-22-21(29-18)24(35)31-25(26)30-22/h7-8,10-11,14-15H,3-6,9,12-13H2,1-2H3,(H,27,34)(H3,26,28,30,31,35)/t15-/m1/s1. The molecule has 0 aliphatic heterocycles. The lowest BCUT2D eigenvalue weighted by Gasteiger charge is -2.08. The van der Waals surface area contributed by atoms with Gasteiger partial charge in [-0.25, -0.2) is 9.97 Å². The number of Topliss-reactive ketones (excluding diaryl/α,β-unsaturated/α-hetero) is 2. The number of rotatable bonds is 12. The summed E-state index contributed by atoms with van der Waals surface area (Å²) in [7, 11) is 1.55. The van der Waals surface area contributed by atoms with E-state index in [9.17, 15) is 19.2 Å². The van der Waals surface area contributed by atoms with Gasteiger partial charge in [-0.05, 0) is 31.2 Å². The Hall–Kier alpha value is -3.95. The van der Waals surface area contributed by atoms with Crippen molar-refractivity contribution in [3.8, 4) is 0 Å². The number of carbonyl (C=O) groups excluding carboxylic acids is 3. The molecule has 0 saturated heterocycles. The van der Waals surface area contributed by atoms with Crippen LogP contribution in [0, 0.1) is 5.92 Å². The Kier molecular flexibility index (Phi) is 8.77. The molecule has 0 aliphatic rings. The molecule has 0 radical (unpaired) electrons. The van der Waals surface area contributed by atoms with Gasteiger partial charge in [-0.3, -0.25) is 24.2 Å². The van der Waals surface area contributed by atoms with Gasteiger partial charge in [0.1, 0.15) is 5.78 Å². The van der Waals surface area contributed by atoms with Crippen LogP contribution in [0.15, 0.2) is 35.3 Å². The highest BCUT2D eigenvalue weighted by molar-refractivity contribution is 5.96. The SMILES string of the molecule is CNC(=O)[C@H](C)CC(=O)CCCCC(=O)c1ccc(CCc2cnc3nc(N)[nH]c(=O)c3n2)cc1. The van der Waals surface area contributed by atoms with Crippen LogP contribution in [0.5, 0.6) is 0 Å². The minimum Gasteiger partial charge on any atom is -0.369 e. The first-order valence-corrected chi connectivity index (χ1v) is 11.6. The molecule has 35 heavy (non-hydrogen) atoms. The van der Waals surface area contributed by atoms with Gasteiger partial charge < -0.3 is 11.1 Å². The molecule has 0 aliphatic carbocycles. The topological polar surface area (TPSA) is 161 Å². The number of unbranched alkanes of at least 4 members (excludes halogenated alkanes) is 1. The van der Waals surface area contributed by atoms with E-state index in [1.807, 2.05) is 12.1 Å². The van der Waals surface area contributed by atoms with E-state index in [0.29, 0.717) is 49.8 Å². The molecule has 4 N–H and O–H groups in total. The van der Waals surface area contributed by atoms with Crippen molar-refractivity contribution in [2.24, 2.45) is 5.92 Å². The van der Waals surface area contributed by atoms with Crippen molar-refractivity contribution in [2.75, 3.05) is 12.8 Å². The fraction of sp³-hybridized carbons (Fsp3) is 0.400. The van der Waals surface area contributed by atoms with Gasteiger partial charge in [0.15, 0.2) is 16.9 Å². The number of aryl methyl sites for hydroxylation is 2. The van der Waals surface area contributed by atoms with Gasteiger partial charge in [0.05, 0.1) is 11.9 Å². The number of nitrogen functional groups attached to an aromatic ring is 1. The van der Waals surface area contributed by atoms with Gasteiger partial charge in [0.2, 0.25) is 11.9 Å². The molecule has 3 aromatic rings. The van der Waals surface area contributed by atoms with Gasteiger partial charge in [-0.2, -0.15) is 4.98 Å². The maximum absolute atomic E-state index is 12.5. The number of hydrogen-bond donors (Lipinski definition) is 3. The number of nitrogens with zero attached hydrogens (tertiary/aromatic N) is 3. The molecule has 184 valence electrons. The second-order valence-corrected chi connectivity index (χ2v) is 8.57. The smallest absolute Gasteiger partial charge is 0.280 e. The number of nitrogens with one attached hydrogen (secondary N) is 2. The average molecular weight is 479 g/mol. The Bertz CT molecular complexity index is 1270. The maximum Gasteiger partial charge on any atom is 0.280 e. The number of carbonyl (C=O) groups is 3. The highest BCUT2D eigenvalue weighted by atomic mass is 16.2. The van der Waals surface area contributed by atoms with Gasteiger partial charge in [-0.1, -0.05) is 31.2 Å². The maximum atomic E-state index is 12.5. The van der Waals surface area contributed by atoms with Crippen LogP contribution in [-0.2, 0) is 22.4 Å². The number of nitrogens with two attached hydrogens (primary N) is 1. The Morgan fingerprint density at radius 1 is 1.06 bits per heavy atom. The van der Waals surface area contributed by atoms with Crippen molar-refractivity contribution in [2.45, 2.75) is 51.9 Å². The van der Waals surface area contributed by atoms with Crippen molar-refractivity contribution in [1.29, 1.82) is 0 Å². The summed E-state index contributed by atoms with van der Waals surface area (Å²) in [5.74, 6) is -0.395. The molecule has 1 aromatic carbocycles. The van der Waals surface area contributed by atoms with Gasteiger partial charge >= 0.3 is 0 Å². The Balaban J connectivity index is 1.44. The molecule has 0 saturated carbocycles. The van der Waals surface area contributed by atoms with Crippen molar-refractivity contribution >= 4 is 34.6 Å². The monoisotopic (exact) mass is 478 g/mol. The first kappa shape index (κ1) is 25.7. The zero-order valence-electron chi connectivity index (χ0n) is 20.0. The zero-order valence-corrected chi connectivity index (χ0v) is 20.0. The van der Waals surface area contributed by atoms with Crippen LogP contribution < -0.4 is 16.6 Å². The van der Waals surface area contributed by atoms with E-state index >= 15 is 0 Å². The van der Waals surface area contributed by atoms with Crippen molar-refractivity contribution < 1.29 is 14.4 Å². The molecule has 0 spiro atoms. The number of aromatic amines is 1. The Labute approximate surface area is 202 Å². The van der Waals surface area contributed by atoms with Crippen molar-refractivity contribution in [3.63, 3.8) is 0 Å². The summed E-state index contributed by atoms with van der Waals surface area (Å²) in [6.07, 6.45) is 5.05. The first-order valence-electron chi connectivity index (χ1n) is 11.6. The lowest BCUT2D eigenvalue weighted by molar-refractivity contribution is -0.128. The summed E-state index contributed by atoms with van der Waals surface area (Å²) >= 11 is 0. The van der Waals surface area contributed by atoms with E-state index in [1.165, 1.54) is 0 Å². The largest absolute Gasteiger partial charge is 0.369 e. The zero-order chi connectivity index (χ0) is 25.4. The third-order valence-electron chi connectivity index (χ3n) is 5.77. The first-order chi connectivity index (χ1) is 16.8. The molecule has 3 rings (SSSR count). The molecule has 2 heterocycles. The molecule has 0 unspecified atom stereocenters. The van der Waals surface area contributed by atoms with Crippen LogP contribution >= 0.6 is 0 Å². The molecular formula is C25H30N6O4. The number of anilines is 1. The van der Waals surface area contributed by atoms with E-state index in [1.54, 1.807) is 32.3 Å². The van der Waals surface area contributed by atoms with Crippen LogP contribution in [0.25, 0.3) is 11.2 Å². The van der Waals surface area contributed by atoms with E-state index < -0.39 is 5.56 Å². The number of H-pyrrole nitrogens is 1. The second-order valence-electron chi connectivity index (χ2n) is 8.57. The fourth-order valence-corrected chi connectivity index (χ4v) is 3.76.